The molecule has 2 aromatic carbocycles. The number of carbonyl (C=O) groups is 1. The predicted octanol–water partition coefficient (Wildman–Crippen LogP) is 5.78. The molecular formula is C26H22Cl2N2O6S. The van der Waals surface area contributed by atoms with Gasteiger partial charge in [-0.3, -0.25) is 0 Å². The maximum atomic E-state index is 13.5. The van der Waals surface area contributed by atoms with Gasteiger partial charge in [0.25, 0.3) is 0 Å². The summed E-state index contributed by atoms with van der Waals surface area (Å²) in [6.45, 7) is 1.57. The van der Waals surface area contributed by atoms with Crippen LogP contribution in [0.25, 0.3) is 6.08 Å². The Labute approximate surface area is 224 Å². The topological polar surface area (TPSA) is 109 Å². The fraction of sp³-hybridized carbons (Fsp3) is 0.154. The second-order valence-electron chi connectivity index (χ2n) is 8.10. The van der Waals surface area contributed by atoms with Crippen LogP contribution in [0.4, 0.5) is 0 Å². The summed E-state index contributed by atoms with van der Waals surface area (Å²) in [5.74, 6) is -0.354. The summed E-state index contributed by atoms with van der Waals surface area (Å²) >= 11 is 11.9. The van der Waals surface area contributed by atoms with Crippen molar-refractivity contribution in [2.24, 2.45) is 4.99 Å². The first-order valence-corrected chi connectivity index (χ1v) is 13.2. The zero-order valence-corrected chi connectivity index (χ0v) is 22.1. The number of halogens is 2. The quantitative estimate of drug-likeness (QED) is 0.350. The number of nitrogens with zero attached hydrogens (tertiary/aromatic N) is 2. The average Bonchev–Trinajstić information content (AvgIpc) is 3.42. The fourth-order valence-electron chi connectivity index (χ4n) is 3.68. The summed E-state index contributed by atoms with van der Waals surface area (Å²) in [4.78, 5) is 16.2. The van der Waals surface area contributed by atoms with E-state index in [1.165, 1.54) is 41.8 Å². The Morgan fingerprint density at radius 3 is 2.27 bits per heavy atom. The molecule has 11 heteroatoms. The highest BCUT2D eigenvalue weighted by atomic mass is 35.5. The molecule has 0 bridgehead atoms. The predicted molar refractivity (Wildman–Crippen MR) is 141 cm³/mol. The lowest BCUT2D eigenvalue weighted by atomic mass is 10.1. The van der Waals surface area contributed by atoms with Gasteiger partial charge >= 0.3 is 5.97 Å². The molecule has 0 saturated heterocycles. The molecule has 192 valence electrons. The molecule has 2 heterocycles. The first kappa shape index (κ1) is 26.7. The van der Waals surface area contributed by atoms with Crippen LogP contribution in [0.1, 0.15) is 24.0 Å². The lowest BCUT2D eigenvalue weighted by Crippen LogP contribution is -2.30. The second kappa shape index (κ2) is 10.9. The number of methoxy groups -OCH3 is 1. The van der Waals surface area contributed by atoms with Crippen LogP contribution in [-0.4, -0.2) is 36.6 Å². The Kier molecular flexibility index (Phi) is 7.89. The first-order valence-electron chi connectivity index (χ1n) is 11.0. The van der Waals surface area contributed by atoms with Crippen molar-refractivity contribution in [1.29, 1.82) is 0 Å². The SMILES string of the molecule is COC(=O)C1=C(O)/C(=C\c2ccc(CN(Cc3ccc(Cl)cc3)S(=O)(=O)c3ccc(Cl)cc3)o2)N=C1C. The first-order chi connectivity index (χ1) is 17.6. The van der Waals surface area contributed by atoms with Crippen LogP contribution in [0.3, 0.4) is 0 Å². The van der Waals surface area contributed by atoms with Crippen LogP contribution in [0.15, 0.2) is 92.0 Å². The molecule has 0 radical (unpaired) electrons. The zero-order chi connectivity index (χ0) is 26.7. The molecule has 0 fully saturated rings. The van der Waals surface area contributed by atoms with Crippen LogP contribution < -0.4 is 0 Å². The number of hydrogen-bond acceptors (Lipinski definition) is 7. The minimum atomic E-state index is -3.93. The molecule has 0 aliphatic carbocycles. The van der Waals surface area contributed by atoms with Gasteiger partial charge in [-0.15, -0.1) is 0 Å². The van der Waals surface area contributed by atoms with Crippen molar-refractivity contribution in [3.05, 3.63) is 105 Å². The van der Waals surface area contributed by atoms with Crippen LogP contribution >= 0.6 is 23.2 Å². The number of hydrogen-bond donors (Lipinski definition) is 1. The molecular weight excluding hydrogens is 539 g/mol. The highest BCUT2D eigenvalue weighted by Gasteiger charge is 2.28. The minimum Gasteiger partial charge on any atom is -0.505 e. The molecule has 37 heavy (non-hydrogen) atoms. The lowest BCUT2D eigenvalue weighted by molar-refractivity contribution is -0.135. The summed E-state index contributed by atoms with van der Waals surface area (Å²) in [5, 5.41) is 11.4. The van der Waals surface area contributed by atoms with Crippen molar-refractivity contribution in [3.8, 4) is 0 Å². The van der Waals surface area contributed by atoms with Gasteiger partial charge in [0.05, 0.1) is 24.3 Å². The maximum Gasteiger partial charge on any atom is 0.343 e. The largest absolute Gasteiger partial charge is 0.505 e. The van der Waals surface area contributed by atoms with Crippen LogP contribution in [0.5, 0.6) is 0 Å². The number of sulfonamides is 1. The summed E-state index contributed by atoms with van der Waals surface area (Å²) in [6.07, 6.45) is 1.45. The van der Waals surface area contributed by atoms with E-state index in [0.29, 0.717) is 27.3 Å². The Morgan fingerprint density at radius 2 is 1.65 bits per heavy atom. The number of aliphatic hydroxyl groups excluding tert-OH is 1. The number of benzene rings is 2. The van der Waals surface area contributed by atoms with Gasteiger partial charge in [0.2, 0.25) is 10.0 Å². The number of aliphatic hydroxyl groups is 1. The van der Waals surface area contributed by atoms with E-state index in [1.807, 2.05) is 0 Å². The van der Waals surface area contributed by atoms with E-state index < -0.39 is 16.0 Å². The molecule has 0 amide bonds. The van der Waals surface area contributed by atoms with E-state index in [4.69, 9.17) is 27.6 Å². The highest BCUT2D eigenvalue weighted by molar-refractivity contribution is 7.89. The average molecular weight is 561 g/mol. The van der Waals surface area contributed by atoms with Gasteiger partial charge < -0.3 is 14.3 Å². The van der Waals surface area contributed by atoms with Gasteiger partial charge in [-0.1, -0.05) is 35.3 Å². The van der Waals surface area contributed by atoms with E-state index in [2.05, 4.69) is 9.73 Å². The summed E-state index contributed by atoms with van der Waals surface area (Å²) in [5.41, 5.74) is 1.15. The van der Waals surface area contributed by atoms with Gasteiger partial charge in [-0.2, -0.15) is 4.31 Å². The number of aliphatic imine (C=N–C) groups is 1. The summed E-state index contributed by atoms with van der Waals surface area (Å²) in [6, 6.07) is 16.0. The molecule has 1 aromatic heterocycles. The Bertz CT molecular complexity index is 1520. The van der Waals surface area contributed by atoms with Gasteiger partial charge in [-0.05, 0) is 61.0 Å². The van der Waals surface area contributed by atoms with Crippen molar-refractivity contribution >= 4 is 51.0 Å². The molecule has 0 saturated carbocycles. The van der Waals surface area contributed by atoms with Crippen molar-refractivity contribution in [2.45, 2.75) is 24.9 Å². The third-order valence-corrected chi connectivity index (χ3v) is 7.85. The van der Waals surface area contributed by atoms with Crippen LogP contribution in [0.2, 0.25) is 10.0 Å². The van der Waals surface area contributed by atoms with Gasteiger partial charge in [0, 0.05) is 22.7 Å². The Hall–Kier alpha value is -3.37. The van der Waals surface area contributed by atoms with E-state index in [9.17, 15) is 18.3 Å². The van der Waals surface area contributed by atoms with E-state index in [1.54, 1.807) is 43.3 Å². The monoisotopic (exact) mass is 560 g/mol. The van der Waals surface area contributed by atoms with E-state index >= 15 is 0 Å². The number of esters is 1. The third kappa shape index (κ3) is 5.97. The van der Waals surface area contributed by atoms with Crippen molar-refractivity contribution in [3.63, 3.8) is 0 Å². The molecule has 0 atom stereocenters. The molecule has 1 aliphatic rings. The molecule has 0 spiro atoms. The summed E-state index contributed by atoms with van der Waals surface area (Å²) < 4.78 is 38.8. The number of ether oxygens (including phenoxy) is 1. The molecule has 1 N–H and O–H groups in total. The number of carbonyl (C=O) groups excluding carboxylic acids is 1. The lowest BCUT2D eigenvalue weighted by Gasteiger charge is -2.21. The standard InChI is InChI=1S/C26H22Cl2N2O6S/c1-16-24(26(32)35-2)25(31)23(29-16)13-20-9-10-21(36-20)15-30(14-17-3-5-18(27)6-4-17)37(33,34)22-11-7-19(28)8-12-22/h3-13,31H,14-15H2,1-2H3/b23-13+. The highest BCUT2D eigenvalue weighted by Crippen LogP contribution is 2.28. The Morgan fingerprint density at radius 1 is 1.03 bits per heavy atom. The molecule has 1 aliphatic heterocycles. The smallest absolute Gasteiger partial charge is 0.343 e. The van der Waals surface area contributed by atoms with Crippen molar-refractivity contribution in [2.75, 3.05) is 7.11 Å². The second-order valence-corrected chi connectivity index (χ2v) is 10.9. The molecule has 0 unspecified atom stereocenters. The van der Waals surface area contributed by atoms with Gasteiger partial charge in [0.15, 0.2) is 5.76 Å². The van der Waals surface area contributed by atoms with Crippen LogP contribution in [-0.2, 0) is 32.6 Å². The van der Waals surface area contributed by atoms with Gasteiger partial charge in [-0.25, -0.2) is 18.2 Å². The minimum absolute atomic E-state index is 0.0243. The van der Waals surface area contributed by atoms with Crippen molar-refractivity contribution in [1.82, 2.24) is 4.31 Å². The van der Waals surface area contributed by atoms with Crippen molar-refractivity contribution < 1.29 is 27.5 Å². The van der Waals surface area contributed by atoms with Gasteiger partial charge in [0.1, 0.15) is 22.8 Å². The maximum absolute atomic E-state index is 13.5. The molecule has 4 rings (SSSR count). The summed E-state index contributed by atoms with van der Waals surface area (Å²) in [7, 11) is -2.72. The van der Waals surface area contributed by atoms with E-state index in [-0.39, 0.29) is 35.0 Å². The zero-order valence-electron chi connectivity index (χ0n) is 19.8. The normalized spacial score (nSPS) is 14.9. The fourth-order valence-corrected chi connectivity index (χ4v) is 5.32. The number of furan rings is 1. The van der Waals surface area contributed by atoms with E-state index in [0.717, 1.165) is 5.56 Å². The third-order valence-electron chi connectivity index (χ3n) is 5.54. The molecule has 3 aromatic rings. The molecule has 8 nitrogen and oxygen atoms in total. The number of rotatable bonds is 8. The van der Waals surface area contributed by atoms with Crippen LogP contribution in [0, 0.1) is 0 Å². The Balaban J connectivity index is 1.63.